The molecule has 2 amide bonds. The molecule has 4 rings (SSSR count). The lowest BCUT2D eigenvalue weighted by Gasteiger charge is -2.20. The van der Waals surface area contributed by atoms with Crippen LogP contribution in [0.15, 0.2) is 42.7 Å². The third-order valence-electron chi connectivity index (χ3n) is 5.58. The van der Waals surface area contributed by atoms with Gasteiger partial charge in [0.25, 0.3) is 0 Å². The second kappa shape index (κ2) is 9.17. The van der Waals surface area contributed by atoms with Crippen LogP contribution in [0.4, 0.5) is 22.0 Å². The Morgan fingerprint density at radius 1 is 1.09 bits per heavy atom. The number of rotatable bonds is 6. The molecule has 2 N–H and O–H groups in total. The number of urea groups is 1. The molecule has 1 unspecified atom stereocenters. The van der Waals surface area contributed by atoms with E-state index in [9.17, 15) is 4.79 Å². The first kappa shape index (κ1) is 21.5. The van der Waals surface area contributed by atoms with Crippen molar-refractivity contribution in [2.24, 2.45) is 0 Å². The summed E-state index contributed by atoms with van der Waals surface area (Å²) in [7, 11) is 7.17. The zero-order chi connectivity index (χ0) is 22.7. The zero-order valence-electron chi connectivity index (χ0n) is 18.8. The molecule has 2 aromatic carbocycles. The van der Waals surface area contributed by atoms with E-state index in [4.69, 9.17) is 9.47 Å². The fourth-order valence-corrected chi connectivity index (χ4v) is 3.89. The lowest BCUT2D eigenvalue weighted by atomic mass is 10.2. The van der Waals surface area contributed by atoms with Gasteiger partial charge in [-0.15, -0.1) is 0 Å². The molecule has 9 heteroatoms. The fourth-order valence-electron chi connectivity index (χ4n) is 3.89. The average molecular weight is 437 g/mol. The molecule has 1 fully saturated rings. The van der Waals surface area contributed by atoms with Gasteiger partial charge in [0, 0.05) is 56.1 Å². The molecule has 0 bridgehead atoms. The summed E-state index contributed by atoms with van der Waals surface area (Å²) >= 11 is 0. The van der Waals surface area contributed by atoms with Gasteiger partial charge >= 0.3 is 6.03 Å². The molecule has 0 saturated carbocycles. The third kappa shape index (κ3) is 4.46. The van der Waals surface area contributed by atoms with Crippen LogP contribution in [0.3, 0.4) is 0 Å². The molecule has 0 spiro atoms. The quantitative estimate of drug-likeness (QED) is 0.613. The van der Waals surface area contributed by atoms with E-state index >= 15 is 0 Å². The van der Waals surface area contributed by atoms with E-state index in [1.165, 1.54) is 0 Å². The summed E-state index contributed by atoms with van der Waals surface area (Å²) in [6.45, 7) is 1.44. The average Bonchev–Trinajstić information content (AvgIpc) is 3.25. The standard InChI is InChI=1S/C23H28N6O3/c1-28(2)17-7-5-15(6-8-17)26-23(30)27-16-9-10-29(13-16)22-18-11-20(31-3)21(32-4)12-19(18)24-14-25-22/h5-8,11-12,14,16H,9-10,13H2,1-4H3,(H2,26,27,30). The minimum atomic E-state index is -0.214. The van der Waals surface area contributed by atoms with Gasteiger partial charge in [0.2, 0.25) is 0 Å². The Hall–Kier alpha value is -3.75. The van der Waals surface area contributed by atoms with Crippen LogP contribution in [0.2, 0.25) is 0 Å². The Morgan fingerprint density at radius 3 is 2.50 bits per heavy atom. The number of nitrogens with one attached hydrogen (secondary N) is 2. The van der Waals surface area contributed by atoms with Gasteiger partial charge in [0.15, 0.2) is 11.5 Å². The van der Waals surface area contributed by atoms with E-state index in [1.54, 1.807) is 20.5 Å². The number of hydrogen-bond acceptors (Lipinski definition) is 7. The molecule has 1 atom stereocenters. The number of hydrogen-bond donors (Lipinski definition) is 2. The zero-order valence-corrected chi connectivity index (χ0v) is 18.8. The maximum Gasteiger partial charge on any atom is 0.319 e. The topological polar surface area (TPSA) is 91.9 Å². The van der Waals surface area contributed by atoms with Crippen LogP contribution in [0.5, 0.6) is 11.5 Å². The summed E-state index contributed by atoms with van der Waals surface area (Å²) in [6.07, 6.45) is 2.38. The van der Waals surface area contributed by atoms with Crippen molar-refractivity contribution in [3.05, 3.63) is 42.7 Å². The highest BCUT2D eigenvalue weighted by molar-refractivity contribution is 5.92. The fraction of sp³-hybridized carbons (Fsp3) is 0.348. The van der Waals surface area contributed by atoms with Crippen molar-refractivity contribution in [1.82, 2.24) is 15.3 Å². The van der Waals surface area contributed by atoms with E-state index in [2.05, 4.69) is 25.5 Å². The second-order valence-corrected chi connectivity index (χ2v) is 7.89. The van der Waals surface area contributed by atoms with Gasteiger partial charge in [-0.05, 0) is 36.8 Å². The van der Waals surface area contributed by atoms with Crippen LogP contribution in [0.1, 0.15) is 6.42 Å². The van der Waals surface area contributed by atoms with Crippen molar-refractivity contribution in [2.75, 3.05) is 56.5 Å². The maximum atomic E-state index is 12.5. The Morgan fingerprint density at radius 2 is 1.81 bits per heavy atom. The SMILES string of the molecule is COc1cc2ncnc(N3CCC(NC(=O)Nc4ccc(N(C)C)cc4)C3)c2cc1OC. The van der Waals surface area contributed by atoms with Crippen molar-refractivity contribution in [3.8, 4) is 11.5 Å². The molecule has 168 valence electrons. The number of nitrogens with zero attached hydrogens (tertiary/aromatic N) is 4. The summed E-state index contributed by atoms with van der Waals surface area (Å²) in [5, 5.41) is 6.85. The third-order valence-corrected chi connectivity index (χ3v) is 5.58. The number of carbonyl (C=O) groups excluding carboxylic acids is 1. The van der Waals surface area contributed by atoms with Crippen LogP contribution in [-0.4, -0.2) is 63.4 Å². The van der Waals surface area contributed by atoms with Crippen molar-refractivity contribution in [2.45, 2.75) is 12.5 Å². The van der Waals surface area contributed by atoms with Crippen LogP contribution < -0.4 is 29.9 Å². The monoisotopic (exact) mass is 436 g/mol. The van der Waals surface area contributed by atoms with Crippen LogP contribution in [0.25, 0.3) is 10.9 Å². The number of methoxy groups -OCH3 is 2. The first-order chi connectivity index (χ1) is 15.5. The molecule has 3 aromatic rings. The molecule has 9 nitrogen and oxygen atoms in total. The molecule has 0 radical (unpaired) electrons. The summed E-state index contributed by atoms with van der Waals surface area (Å²) < 4.78 is 10.8. The number of carbonyl (C=O) groups is 1. The van der Waals surface area contributed by atoms with Gasteiger partial charge in [0.05, 0.1) is 19.7 Å². The number of fused-ring (bicyclic) bond motifs is 1. The maximum absolute atomic E-state index is 12.5. The van der Waals surface area contributed by atoms with Gasteiger partial charge in [-0.25, -0.2) is 14.8 Å². The van der Waals surface area contributed by atoms with Gasteiger partial charge in [-0.3, -0.25) is 0 Å². The number of amides is 2. The van der Waals surface area contributed by atoms with Gasteiger partial charge in [-0.1, -0.05) is 0 Å². The van der Waals surface area contributed by atoms with Gasteiger partial charge in [-0.2, -0.15) is 0 Å². The second-order valence-electron chi connectivity index (χ2n) is 7.89. The minimum absolute atomic E-state index is 0.0150. The lowest BCUT2D eigenvalue weighted by molar-refractivity contribution is 0.249. The predicted molar refractivity (Wildman–Crippen MR) is 126 cm³/mol. The Labute approximate surface area is 187 Å². The largest absolute Gasteiger partial charge is 0.493 e. The summed E-state index contributed by atoms with van der Waals surface area (Å²) in [4.78, 5) is 25.5. The lowest BCUT2D eigenvalue weighted by Crippen LogP contribution is -2.39. The number of ether oxygens (including phenoxy) is 2. The Bertz CT molecular complexity index is 1100. The minimum Gasteiger partial charge on any atom is -0.493 e. The van der Waals surface area contributed by atoms with E-state index in [-0.39, 0.29) is 12.1 Å². The van der Waals surface area contributed by atoms with E-state index < -0.39 is 0 Å². The Kier molecular flexibility index (Phi) is 6.16. The molecular formula is C23H28N6O3. The van der Waals surface area contributed by atoms with Crippen molar-refractivity contribution in [1.29, 1.82) is 0 Å². The molecule has 2 heterocycles. The van der Waals surface area contributed by atoms with E-state index in [0.717, 1.165) is 41.1 Å². The van der Waals surface area contributed by atoms with E-state index in [0.29, 0.717) is 18.0 Å². The predicted octanol–water partition coefficient (Wildman–Crippen LogP) is 3.11. The molecule has 1 aromatic heterocycles. The normalized spacial score (nSPS) is 15.5. The molecular weight excluding hydrogens is 408 g/mol. The highest BCUT2D eigenvalue weighted by atomic mass is 16.5. The first-order valence-electron chi connectivity index (χ1n) is 10.4. The van der Waals surface area contributed by atoms with Crippen LogP contribution in [-0.2, 0) is 0 Å². The number of anilines is 3. The molecule has 1 aliphatic rings. The highest BCUT2D eigenvalue weighted by Crippen LogP contribution is 2.35. The smallest absolute Gasteiger partial charge is 0.319 e. The van der Waals surface area contributed by atoms with Gasteiger partial charge < -0.3 is 29.9 Å². The Balaban J connectivity index is 1.43. The number of aromatic nitrogens is 2. The van der Waals surface area contributed by atoms with Crippen molar-refractivity contribution >= 4 is 34.1 Å². The van der Waals surface area contributed by atoms with Gasteiger partial charge in [0.1, 0.15) is 12.1 Å². The summed E-state index contributed by atoms with van der Waals surface area (Å²) in [6, 6.07) is 11.3. The molecule has 1 aliphatic heterocycles. The molecule has 1 saturated heterocycles. The van der Waals surface area contributed by atoms with Crippen LogP contribution >= 0.6 is 0 Å². The van der Waals surface area contributed by atoms with Crippen molar-refractivity contribution in [3.63, 3.8) is 0 Å². The molecule has 0 aliphatic carbocycles. The highest BCUT2D eigenvalue weighted by Gasteiger charge is 2.26. The summed E-state index contributed by atoms with van der Waals surface area (Å²) in [5.41, 5.74) is 2.61. The first-order valence-corrected chi connectivity index (χ1v) is 10.4. The molecule has 32 heavy (non-hydrogen) atoms. The number of benzene rings is 2. The van der Waals surface area contributed by atoms with Crippen molar-refractivity contribution < 1.29 is 14.3 Å². The van der Waals surface area contributed by atoms with E-state index in [1.807, 2.05) is 55.4 Å². The summed E-state index contributed by atoms with van der Waals surface area (Å²) in [5.74, 6) is 2.07. The van der Waals surface area contributed by atoms with Crippen LogP contribution in [0, 0.1) is 0 Å².